The molecule has 0 saturated carbocycles. The fourth-order valence-electron chi connectivity index (χ4n) is 1.54. The van der Waals surface area contributed by atoms with Crippen LogP contribution in [0.1, 0.15) is 18.6 Å². The average molecular weight is 256 g/mol. The number of rotatable bonds is 7. The Morgan fingerprint density at radius 2 is 1.89 bits per heavy atom. The Balaban J connectivity index is 2.77. The van der Waals surface area contributed by atoms with Gasteiger partial charge < -0.3 is 24.4 Å². The van der Waals surface area contributed by atoms with Gasteiger partial charge >= 0.3 is 0 Å². The van der Waals surface area contributed by atoms with E-state index in [1.165, 1.54) is 7.11 Å². The Kier molecular flexibility index (Phi) is 5.91. The lowest BCUT2D eigenvalue weighted by molar-refractivity contribution is 0.0316. The van der Waals surface area contributed by atoms with Crippen molar-refractivity contribution in [2.24, 2.45) is 0 Å². The summed E-state index contributed by atoms with van der Waals surface area (Å²) in [5, 5.41) is 19.2. The molecule has 0 fully saturated rings. The maximum Gasteiger partial charge on any atom is 0.128 e. The van der Waals surface area contributed by atoms with Gasteiger partial charge in [-0.3, -0.25) is 0 Å². The first-order chi connectivity index (χ1) is 8.58. The predicted octanol–water partition coefficient (Wildman–Crippen LogP) is 1.13. The highest BCUT2D eigenvalue weighted by molar-refractivity contribution is 5.41. The van der Waals surface area contributed by atoms with Gasteiger partial charge in [0, 0.05) is 18.7 Å². The number of benzene rings is 1. The molecule has 2 atom stereocenters. The molecule has 0 aromatic heterocycles. The van der Waals surface area contributed by atoms with Gasteiger partial charge in [0.2, 0.25) is 0 Å². The Hall–Kier alpha value is -1.30. The Bertz CT molecular complexity index is 364. The van der Waals surface area contributed by atoms with Crippen molar-refractivity contribution < 1.29 is 24.4 Å². The first kappa shape index (κ1) is 14.8. The lowest BCUT2D eigenvalue weighted by Gasteiger charge is -2.16. The Morgan fingerprint density at radius 1 is 1.17 bits per heavy atom. The Labute approximate surface area is 107 Å². The third kappa shape index (κ3) is 4.18. The summed E-state index contributed by atoms with van der Waals surface area (Å²) in [5.74, 6) is 1.13. The van der Waals surface area contributed by atoms with Gasteiger partial charge in [0.25, 0.3) is 0 Å². The van der Waals surface area contributed by atoms with E-state index in [4.69, 9.17) is 14.2 Å². The molecule has 0 heterocycles. The van der Waals surface area contributed by atoms with Gasteiger partial charge in [0.05, 0.1) is 19.8 Å². The van der Waals surface area contributed by atoms with Gasteiger partial charge in [-0.2, -0.15) is 0 Å². The summed E-state index contributed by atoms with van der Waals surface area (Å²) in [7, 11) is 3.07. The van der Waals surface area contributed by atoms with Gasteiger partial charge in [-0.05, 0) is 19.1 Å². The average Bonchev–Trinajstić information content (AvgIpc) is 2.36. The van der Waals surface area contributed by atoms with Gasteiger partial charge in [0.15, 0.2) is 0 Å². The van der Waals surface area contributed by atoms with E-state index in [0.29, 0.717) is 17.1 Å². The van der Waals surface area contributed by atoms with Crippen LogP contribution in [-0.2, 0) is 4.74 Å². The largest absolute Gasteiger partial charge is 0.497 e. The minimum absolute atomic E-state index is 0.0979. The van der Waals surface area contributed by atoms with E-state index in [1.54, 1.807) is 32.2 Å². The van der Waals surface area contributed by atoms with Crippen molar-refractivity contribution >= 4 is 0 Å². The van der Waals surface area contributed by atoms with Crippen LogP contribution in [0.5, 0.6) is 11.5 Å². The van der Waals surface area contributed by atoms with Gasteiger partial charge in [-0.25, -0.2) is 0 Å². The summed E-state index contributed by atoms with van der Waals surface area (Å²) in [6.07, 6.45) is -1.35. The molecule has 0 spiro atoms. The maximum absolute atomic E-state index is 9.63. The highest BCUT2D eigenvalue weighted by Crippen LogP contribution is 2.29. The van der Waals surface area contributed by atoms with Crippen LogP contribution in [0.25, 0.3) is 0 Å². The van der Waals surface area contributed by atoms with E-state index >= 15 is 0 Å². The standard InChI is InChI=1S/C13H20O5/c1-9(14)12-5-4-11(17-3)6-13(12)18-8-10(15)7-16-2/h4-6,9-10,14-15H,7-8H2,1-3H3/t9-,10?/m0/s1. The summed E-state index contributed by atoms with van der Waals surface area (Å²) >= 11 is 0. The first-order valence-electron chi connectivity index (χ1n) is 5.74. The van der Waals surface area contributed by atoms with Crippen molar-refractivity contribution in [3.8, 4) is 11.5 Å². The van der Waals surface area contributed by atoms with Gasteiger partial charge in [-0.15, -0.1) is 0 Å². The fourth-order valence-corrected chi connectivity index (χ4v) is 1.54. The number of hydrogen-bond donors (Lipinski definition) is 2. The second kappa shape index (κ2) is 7.20. The van der Waals surface area contributed by atoms with E-state index in [0.717, 1.165) is 0 Å². The first-order valence-corrected chi connectivity index (χ1v) is 5.74. The van der Waals surface area contributed by atoms with Crippen LogP contribution >= 0.6 is 0 Å². The lowest BCUT2D eigenvalue weighted by Crippen LogP contribution is -2.23. The molecule has 1 aromatic rings. The molecule has 2 N–H and O–H groups in total. The van der Waals surface area contributed by atoms with Crippen LogP contribution in [0.4, 0.5) is 0 Å². The fraction of sp³-hybridized carbons (Fsp3) is 0.538. The molecule has 18 heavy (non-hydrogen) atoms. The van der Waals surface area contributed by atoms with E-state index in [1.807, 2.05) is 0 Å². The van der Waals surface area contributed by atoms with E-state index in [-0.39, 0.29) is 13.2 Å². The van der Waals surface area contributed by atoms with E-state index < -0.39 is 12.2 Å². The molecule has 0 amide bonds. The lowest BCUT2D eigenvalue weighted by atomic mass is 10.1. The summed E-state index contributed by atoms with van der Waals surface area (Å²) < 4.78 is 15.4. The second-order valence-corrected chi connectivity index (χ2v) is 4.00. The Morgan fingerprint density at radius 3 is 2.44 bits per heavy atom. The zero-order chi connectivity index (χ0) is 13.5. The molecule has 0 aliphatic carbocycles. The normalized spacial score (nSPS) is 14.1. The molecule has 0 aliphatic heterocycles. The molecule has 0 aliphatic rings. The quantitative estimate of drug-likeness (QED) is 0.765. The molecular formula is C13H20O5. The van der Waals surface area contributed by atoms with Crippen molar-refractivity contribution in [2.75, 3.05) is 27.4 Å². The van der Waals surface area contributed by atoms with Crippen molar-refractivity contribution in [3.05, 3.63) is 23.8 Å². The second-order valence-electron chi connectivity index (χ2n) is 4.00. The third-order valence-electron chi connectivity index (χ3n) is 2.46. The third-order valence-corrected chi connectivity index (χ3v) is 2.46. The summed E-state index contributed by atoms with van der Waals surface area (Å²) in [4.78, 5) is 0. The number of methoxy groups -OCH3 is 2. The molecule has 1 aromatic carbocycles. The molecule has 5 heteroatoms. The number of aliphatic hydroxyl groups excluding tert-OH is 2. The van der Waals surface area contributed by atoms with Gasteiger partial charge in [-0.1, -0.05) is 0 Å². The monoisotopic (exact) mass is 256 g/mol. The van der Waals surface area contributed by atoms with Crippen molar-refractivity contribution in [1.82, 2.24) is 0 Å². The van der Waals surface area contributed by atoms with Crippen molar-refractivity contribution in [1.29, 1.82) is 0 Å². The SMILES string of the molecule is COCC(O)COc1cc(OC)ccc1[C@H](C)O. The van der Waals surface area contributed by atoms with E-state index in [9.17, 15) is 10.2 Å². The molecule has 0 radical (unpaired) electrons. The van der Waals surface area contributed by atoms with Crippen molar-refractivity contribution in [3.63, 3.8) is 0 Å². The molecule has 1 unspecified atom stereocenters. The summed E-state index contributed by atoms with van der Waals surface area (Å²) in [5.41, 5.74) is 0.653. The van der Waals surface area contributed by atoms with Crippen LogP contribution in [0.2, 0.25) is 0 Å². The number of aliphatic hydroxyl groups is 2. The maximum atomic E-state index is 9.63. The van der Waals surface area contributed by atoms with Crippen molar-refractivity contribution in [2.45, 2.75) is 19.1 Å². The van der Waals surface area contributed by atoms with Crippen LogP contribution in [-0.4, -0.2) is 43.8 Å². The predicted molar refractivity (Wildman–Crippen MR) is 67.0 cm³/mol. The van der Waals surface area contributed by atoms with Crippen LogP contribution in [0.3, 0.4) is 0 Å². The van der Waals surface area contributed by atoms with Crippen LogP contribution < -0.4 is 9.47 Å². The molecule has 102 valence electrons. The van der Waals surface area contributed by atoms with E-state index in [2.05, 4.69) is 0 Å². The van der Waals surface area contributed by atoms with Gasteiger partial charge in [0.1, 0.15) is 24.2 Å². The smallest absolute Gasteiger partial charge is 0.128 e. The van der Waals surface area contributed by atoms with Crippen LogP contribution in [0.15, 0.2) is 18.2 Å². The molecule has 0 saturated heterocycles. The number of ether oxygens (including phenoxy) is 3. The number of hydrogen-bond acceptors (Lipinski definition) is 5. The minimum Gasteiger partial charge on any atom is -0.497 e. The highest BCUT2D eigenvalue weighted by atomic mass is 16.5. The zero-order valence-electron chi connectivity index (χ0n) is 10.9. The molecule has 1 rings (SSSR count). The summed E-state index contributed by atoms with van der Waals surface area (Å²) in [6, 6.07) is 5.17. The zero-order valence-corrected chi connectivity index (χ0v) is 10.9. The minimum atomic E-state index is -0.706. The molecular weight excluding hydrogens is 236 g/mol. The summed E-state index contributed by atoms with van der Waals surface area (Å²) in [6.45, 7) is 1.95. The molecule has 5 nitrogen and oxygen atoms in total. The topological polar surface area (TPSA) is 68.2 Å². The molecule has 0 bridgehead atoms. The van der Waals surface area contributed by atoms with Crippen LogP contribution in [0, 0.1) is 0 Å². The highest BCUT2D eigenvalue weighted by Gasteiger charge is 2.12.